The van der Waals surface area contributed by atoms with Gasteiger partial charge in [0.05, 0.1) is 25.9 Å². The van der Waals surface area contributed by atoms with E-state index in [4.69, 9.17) is 39.0 Å². The van der Waals surface area contributed by atoms with Crippen LogP contribution in [-0.4, -0.2) is 107 Å². The van der Waals surface area contributed by atoms with Crippen molar-refractivity contribution in [3.05, 3.63) is 29.3 Å². The second kappa shape index (κ2) is 10.9. The van der Waals surface area contributed by atoms with E-state index < -0.39 is 83.6 Å². The van der Waals surface area contributed by atoms with Gasteiger partial charge in [0.1, 0.15) is 48.5 Å². The van der Waals surface area contributed by atoms with E-state index in [0.29, 0.717) is 0 Å². The topological polar surface area (TPSA) is 289 Å². The van der Waals surface area contributed by atoms with Crippen LogP contribution in [0.25, 0.3) is 22.3 Å². The molecule has 3 aliphatic heterocycles. The molecule has 24 heteroatoms. The van der Waals surface area contributed by atoms with Crippen molar-refractivity contribution < 1.29 is 46.9 Å². The predicted molar refractivity (Wildman–Crippen MR) is 149 cm³/mol. The van der Waals surface area contributed by atoms with Crippen molar-refractivity contribution >= 4 is 57.4 Å². The van der Waals surface area contributed by atoms with Crippen molar-refractivity contribution in [3.8, 4) is 0 Å². The lowest BCUT2D eigenvalue weighted by Crippen LogP contribution is -2.36. The number of H-pyrrole nitrogens is 1. The minimum atomic E-state index is -3.99. The third-order valence-electron chi connectivity index (χ3n) is 7.39. The zero-order chi connectivity index (χ0) is 30.9. The summed E-state index contributed by atoms with van der Waals surface area (Å²) in [6.45, 7) is -0.936. The van der Waals surface area contributed by atoms with E-state index >= 15 is 0 Å². The molecule has 0 saturated carbocycles. The maximum absolute atomic E-state index is 13.5. The number of fused-ring (bicyclic) bond motifs is 5. The Morgan fingerprint density at radius 2 is 1.70 bits per heavy atom. The fraction of sp³-hybridized carbons (Fsp3) is 0.500. The van der Waals surface area contributed by atoms with Gasteiger partial charge in [-0.15, -0.1) is 0 Å². The van der Waals surface area contributed by atoms with Crippen molar-refractivity contribution in [2.24, 2.45) is 0 Å². The van der Waals surface area contributed by atoms with Crippen molar-refractivity contribution in [1.29, 1.82) is 0 Å². The largest absolute Gasteiger partial charge is 0.387 e. The van der Waals surface area contributed by atoms with Crippen LogP contribution in [0.1, 0.15) is 12.5 Å². The van der Waals surface area contributed by atoms with E-state index in [1.165, 1.54) is 35.7 Å². The normalized spacial score (nSPS) is 36.5. The van der Waals surface area contributed by atoms with Crippen LogP contribution in [0.2, 0.25) is 0 Å². The fourth-order valence-electron chi connectivity index (χ4n) is 5.36. The molecule has 3 saturated heterocycles. The summed E-state index contributed by atoms with van der Waals surface area (Å²) in [6, 6.07) is 0. The van der Waals surface area contributed by atoms with Gasteiger partial charge in [-0.25, -0.2) is 19.9 Å². The summed E-state index contributed by atoms with van der Waals surface area (Å²) in [7, 11) is -6.22. The summed E-state index contributed by atoms with van der Waals surface area (Å²) in [6.07, 6.45) is -6.54. The number of nitrogens with two attached hydrogens (primary N) is 2. The van der Waals surface area contributed by atoms with Gasteiger partial charge in [-0.3, -0.25) is 32.6 Å². The van der Waals surface area contributed by atoms with E-state index in [-0.39, 0.29) is 34.1 Å². The average molecular weight is 654 g/mol. The molecule has 2 bridgehead atoms. The Hall–Kier alpha value is -3.30. The number of imidazole rings is 2. The lowest BCUT2D eigenvalue weighted by Gasteiger charge is -2.26. The third-order valence-corrected chi connectivity index (χ3v) is 9.50. The Morgan fingerprint density at radius 3 is 2.50 bits per heavy atom. The number of hydrogen-bond donors (Lipinski definition) is 5. The lowest BCUT2D eigenvalue weighted by atomic mass is 10.1. The third kappa shape index (κ3) is 5.02. The number of nitrogens with one attached hydrogen (secondary N) is 1. The first-order valence-electron chi connectivity index (χ1n) is 13.1. The number of aliphatic hydroxyl groups is 2. The first kappa shape index (κ1) is 29.4. The van der Waals surface area contributed by atoms with Crippen LogP contribution >= 0.6 is 15.7 Å². The summed E-state index contributed by atoms with van der Waals surface area (Å²) in [5.74, 6) is -0.0906. The highest BCUT2D eigenvalue weighted by atomic mass is 31.2. The first-order chi connectivity index (χ1) is 21.0. The molecule has 3 fully saturated rings. The van der Waals surface area contributed by atoms with Crippen molar-refractivity contribution in [2.75, 3.05) is 24.7 Å². The fourth-order valence-corrected chi connectivity index (χ4v) is 7.39. The molecule has 0 spiro atoms. The molecule has 0 aliphatic carbocycles. The first-order valence-corrected chi connectivity index (χ1v) is 16.3. The van der Waals surface area contributed by atoms with Gasteiger partial charge >= 0.3 is 8.25 Å². The monoisotopic (exact) mass is 654 g/mol. The maximum Gasteiger partial charge on any atom is 0.319 e. The molecule has 0 aromatic carbocycles. The van der Waals surface area contributed by atoms with Crippen LogP contribution in [0.4, 0.5) is 11.8 Å². The Morgan fingerprint density at radius 1 is 0.977 bits per heavy atom. The summed E-state index contributed by atoms with van der Waals surface area (Å²) in [5, 5.41) is 22.3. The van der Waals surface area contributed by atoms with Gasteiger partial charge in [0, 0.05) is 0 Å². The molecule has 7 heterocycles. The van der Waals surface area contributed by atoms with Crippen LogP contribution in [0.3, 0.4) is 0 Å². The predicted octanol–water partition coefficient (Wildman–Crippen LogP) is -2.41. The molecular formula is C20H25BN10O11P2. The average Bonchev–Trinajstić information content (AvgIpc) is 3.72. The Kier molecular flexibility index (Phi) is 7.32. The zero-order valence-electron chi connectivity index (χ0n) is 22.6. The van der Waals surface area contributed by atoms with E-state index in [1.54, 1.807) is 0 Å². The highest BCUT2D eigenvalue weighted by molar-refractivity contribution is 7.79. The van der Waals surface area contributed by atoms with Gasteiger partial charge in [0.15, 0.2) is 35.1 Å². The molecule has 4 aromatic rings. The molecule has 234 valence electrons. The Labute approximate surface area is 246 Å². The van der Waals surface area contributed by atoms with Gasteiger partial charge < -0.3 is 44.7 Å². The van der Waals surface area contributed by atoms with Crippen LogP contribution in [-0.2, 0) is 36.7 Å². The summed E-state index contributed by atoms with van der Waals surface area (Å²) in [4.78, 5) is 35.0. The van der Waals surface area contributed by atoms with Crippen molar-refractivity contribution in [1.82, 2.24) is 39.0 Å². The van der Waals surface area contributed by atoms with Crippen molar-refractivity contribution in [2.45, 2.75) is 49.1 Å². The van der Waals surface area contributed by atoms with Crippen molar-refractivity contribution in [3.63, 3.8) is 0 Å². The summed E-state index contributed by atoms with van der Waals surface area (Å²) < 4.78 is 63.7. The molecule has 9 unspecified atom stereocenters. The molecule has 3 aliphatic rings. The Bertz CT molecular complexity index is 1870. The zero-order valence-corrected chi connectivity index (χ0v) is 24.5. The SMILES string of the molecule is B[P@]1(=O)OCC2OC(n3cnc4c(=O)[nH]c(N)nc43)C(O[PH](=O)OCC3OC(n4cnc5c(N)ncnc54)C(O)C3O1)C2O. The van der Waals surface area contributed by atoms with E-state index in [9.17, 15) is 24.1 Å². The van der Waals surface area contributed by atoms with E-state index in [0.717, 1.165) is 0 Å². The molecular weight excluding hydrogens is 629 g/mol. The van der Waals surface area contributed by atoms with Crippen LogP contribution in [0.5, 0.6) is 0 Å². The Balaban J connectivity index is 1.18. The number of aromatic nitrogens is 8. The molecule has 21 nitrogen and oxygen atoms in total. The second-order valence-corrected chi connectivity index (χ2v) is 13.3. The van der Waals surface area contributed by atoms with Gasteiger partial charge in [-0.05, 0) is 0 Å². The van der Waals surface area contributed by atoms with Gasteiger partial charge in [0.2, 0.25) is 5.95 Å². The smallest absolute Gasteiger partial charge is 0.319 e. The highest BCUT2D eigenvalue weighted by Gasteiger charge is 2.51. The van der Waals surface area contributed by atoms with Crippen LogP contribution < -0.4 is 17.0 Å². The van der Waals surface area contributed by atoms with E-state index in [1.807, 2.05) is 0 Å². The number of nitrogen functional groups attached to an aromatic ring is 2. The molecule has 7 N–H and O–H groups in total. The molecule has 0 radical (unpaired) electrons. The van der Waals surface area contributed by atoms with Crippen LogP contribution in [0, 0.1) is 0 Å². The number of anilines is 2. The molecule has 10 atom stereocenters. The quantitative estimate of drug-likeness (QED) is 0.111. The molecule has 44 heavy (non-hydrogen) atoms. The molecule has 4 aromatic heterocycles. The molecule has 0 amide bonds. The summed E-state index contributed by atoms with van der Waals surface area (Å²) in [5.41, 5.74) is 11.4. The number of aliphatic hydroxyl groups excluding tert-OH is 2. The molecule has 7 rings (SSSR count). The minimum absolute atomic E-state index is 0.00565. The number of nitrogens with zero attached hydrogens (tertiary/aromatic N) is 7. The maximum atomic E-state index is 13.5. The number of aromatic amines is 1. The number of rotatable bonds is 2. The second-order valence-electron chi connectivity index (χ2n) is 10.3. The van der Waals surface area contributed by atoms with Crippen LogP contribution in [0.15, 0.2) is 23.8 Å². The summed E-state index contributed by atoms with van der Waals surface area (Å²) >= 11 is 0. The van der Waals surface area contributed by atoms with Gasteiger partial charge in [0.25, 0.3) is 20.6 Å². The van der Waals surface area contributed by atoms with E-state index in [2.05, 4.69) is 29.9 Å². The number of ether oxygens (including phenoxy) is 2. The van der Waals surface area contributed by atoms with Gasteiger partial charge in [-0.2, -0.15) is 4.98 Å². The lowest BCUT2D eigenvalue weighted by molar-refractivity contribution is -0.0571. The number of hydrogen-bond acceptors (Lipinski definition) is 18. The highest BCUT2D eigenvalue weighted by Crippen LogP contribution is 2.50. The minimum Gasteiger partial charge on any atom is -0.387 e. The standard InChI is InChI=1S/C20H25BN10O11P2/c21-44(36)38-2-6-10(32)13(19(39-6)31-5-27-9-16(31)28-20(23)29-17(9)34)41-43(35)37-1-7-12(42-44)11(33)18(40-7)30-4-26-8-14(22)24-3-25-15(8)30/h3-7,10-13,18-19,32-33,43H,1-2,21H2,(H2,22,24,25)(H3,23,28,29,34)/t6?,7?,10?,11?,12?,13?,18?,19?,44-/m0/s1. The van der Waals surface area contributed by atoms with Gasteiger partial charge in [-0.1, -0.05) is 0 Å².